The van der Waals surface area contributed by atoms with Gasteiger partial charge in [-0.3, -0.25) is 0 Å². The van der Waals surface area contributed by atoms with Gasteiger partial charge in [0, 0.05) is 11.7 Å². The first kappa shape index (κ1) is 19.8. The van der Waals surface area contributed by atoms with Crippen LogP contribution in [0, 0.1) is 17.3 Å². The Morgan fingerprint density at radius 2 is 1.87 bits per heavy atom. The summed E-state index contributed by atoms with van der Waals surface area (Å²) >= 11 is 0. The second kappa shape index (κ2) is 8.57. The van der Waals surface area contributed by atoms with Crippen molar-refractivity contribution in [3.63, 3.8) is 0 Å². The van der Waals surface area contributed by atoms with Crippen LogP contribution < -0.4 is 5.32 Å². The fourth-order valence-corrected chi connectivity index (χ4v) is 3.84. The lowest BCUT2D eigenvalue weighted by Gasteiger charge is -2.36. The van der Waals surface area contributed by atoms with E-state index < -0.39 is 0 Å². The Labute approximate surface area is 144 Å². The van der Waals surface area contributed by atoms with Crippen molar-refractivity contribution >= 4 is 0 Å². The number of nitrogens with one attached hydrogen (secondary N) is 1. The molecule has 23 heavy (non-hydrogen) atoms. The molecule has 0 aromatic carbocycles. The maximum absolute atomic E-state index is 4.26. The van der Waals surface area contributed by atoms with Crippen molar-refractivity contribution < 1.29 is 0 Å². The Morgan fingerprint density at radius 1 is 1.22 bits per heavy atom. The highest BCUT2D eigenvalue weighted by molar-refractivity contribution is 5.33. The van der Waals surface area contributed by atoms with Gasteiger partial charge in [-0.1, -0.05) is 59.1 Å². The molecule has 1 heteroatoms. The Bertz CT molecular complexity index is 473. The molecule has 0 saturated heterocycles. The molecular formula is C22H37N. The van der Waals surface area contributed by atoms with E-state index in [1.54, 1.807) is 0 Å². The highest BCUT2D eigenvalue weighted by Crippen LogP contribution is 2.36. The van der Waals surface area contributed by atoms with E-state index in [0.29, 0.717) is 17.4 Å². The van der Waals surface area contributed by atoms with Crippen LogP contribution in [0.4, 0.5) is 0 Å². The first-order valence-electron chi connectivity index (χ1n) is 9.06. The molecule has 1 aliphatic rings. The third-order valence-corrected chi connectivity index (χ3v) is 4.64. The van der Waals surface area contributed by atoms with Gasteiger partial charge in [-0.05, 0) is 67.9 Å². The zero-order chi connectivity index (χ0) is 17.6. The van der Waals surface area contributed by atoms with Gasteiger partial charge in [0.15, 0.2) is 0 Å². The molecule has 130 valence electrons. The molecule has 0 heterocycles. The van der Waals surface area contributed by atoms with Gasteiger partial charge in [-0.25, -0.2) is 0 Å². The normalized spacial score (nSPS) is 26.8. The Kier molecular flexibility index (Phi) is 7.38. The molecule has 1 nitrogen and oxygen atoms in total. The van der Waals surface area contributed by atoms with Gasteiger partial charge in [-0.2, -0.15) is 0 Å². The molecule has 0 amide bonds. The molecule has 0 aliphatic heterocycles. The topological polar surface area (TPSA) is 12.0 Å². The van der Waals surface area contributed by atoms with E-state index in [2.05, 4.69) is 72.2 Å². The summed E-state index contributed by atoms with van der Waals surface area (Å²) in [5.41, 5.74) is 4.25. The average molecular weight is 316 g/mol. The third kappa shape index (κ3) is 6.81. The van der Waals surface area contributed by atoms with Crippen molar-refractivity contribution in [2.24, 2.45) is 17.3 Å². The monoisotopic (exact) mass is 315 g/mol. The van der Waals surface area contributed by atoms with Crippen molar-refractivity contribution in [1.29, 1.82) is 0 Å². The van der Waals surface area contributed by atoms with E-state index in [4.69, 9.17) is 0 Å². The van der Waals surface area contributed by atoms with Crippen LogP contribution in [0.15, 0.2) is 48.2 Å². The standard InChI is InChI=1S/C22H37N/c1-9-11-21(17(4)10-2)19-12-16(3)13-20(14-19)23-18(5)15-22(6,7)8/h9-11,16,19-20,23H,2,5,12-15H2,1,3-4,6-8H3/b11-9-,21-17+. The summed E-state index contributed by atoms with van der Waals surface area (Å²) in [6.45, 7) is 21.7. The Hall–Kier alpha value is -1.24. The summed E-state index contributed by atoms with van der Waals surface area (Å²) in [5, 5.41) is 3.72. The zero-order valence-corrected chi connectivity index (χ0v) is 16.2. The van der Waals surface area contributed by atoms with Crippen molar-refractivity contribution in [3.05, 3.63) is 48.2 Å². The molecule has 1 aliphatic carbocycles. The molecule has 0 bridgehead atoms. The largest absolute Gasteiger partial charge is 0.386 e. The van der Waals surface area contributed by atoms with Crippen LogP contribution in [-0.4, -0.2) is 6.04 Å². The molecule has 0 aromatic rings. The zero-order valence-electron chi connectivity index (χ0n) is 16.2. The number of allylic oxidation sites excluding steroid dienone is 6. The van der Waals surface area contributed by atoms with Gasteiger partial charge < -0.3 is 5.32 Å². The molecular weight excluding hydrogens is 278 g/mol. The summed E-state index contributed by atoms with van der Waals surface area (Å²) in [5.74, 6) is 1.36. The molecule has 0 aromatic heterocycles. The second-order valence-corrected chi connectivity index (χ2v) is 8.53. The van der Waals surface area contributed by atoms with E-state index in [9.17, 15) is 0 Å². The van der Waals surface area contributed by atoms with Gasteiger partial charge in [-0.15, -0.1) is 0 Å². The van der Waals surface area contributed by atoms with Gasteiger partial charge in [0.1, 0.15) is 0 Å². The predicted octanol–water partition coefficient (Wildman–Crippen LogP) is 6.41. The van der Waals surface area contributed by atoms with Gasteiger partial charge in [0.2, 0.25) is 0 Å². The van der Waals surface area contributed by atoms with Crippen LogP contribution in [0.2, 0.25) is 0 Å². The number of hydrogen-bond acceptors (Lipinski definition) is 1. The lowest BCUT2D eigenvalue weighted by molar-refractivity contribution is 0.256. The fraction of sp³-hybridized carbons (Fsp3) is 0.636. The summed E-state index contributed by atoms with van der Waals surface area (Å²) in [6.07, 6.45) is 11.2. The summed E-state index contributed by atoms with van der Waals surface area (Å²) < 4.78 is 0. The van der Waals surface area contributed by atoms with E-state index in [1.165, 1.54) is 36.1 Å². The van der Waals surface area contributed by atoms with Gasteiger partial charge >= 0.3 is 0 Å². The summed E-state index contributed by atoms with van der Waals surface area (Å²) in [6, 6.07) is 0.538. The highest BCUT2D eigenvalue weighted by Gasteiger charge is 2.29. The fourth-order valence-electron chi connectivity index (χ4n) is 3.84. The van der Waals surface area contributed by atoms with Gasteiger partial charge in [0.05, 0.1) is 0 Å². The van der Waals surface area contributed by atoms with E-state index in [-0.39, 0.29) is 0 Å². The van der Waals surface area contributed by atoms with Crippen molar-refractivity contribution in [2.75, 3.05) is 0 Å². The van der Waals surface area contributed by atoms with Crippen LogP contribution >= 0.6 is 0 Å². The molecule has 1 saturated carbocycles. The van der Waals surface area contributed by atoms with Crippen molar-refractivity contribution in [3.8, 4) is 0 Å². The van der Waals surface area contributed by atoms with Crippen molar-refractivity contribution in [2.45, 2.75) is 73.3 Å². The minimum absolute atomic E-state index is 0.291. The van der Waals surface area contributed by atoms with Crippen LogP contribution in [-0.2, 0) is 0 Å². The Morgan fingerprint density at radius 3 is 2.39 bits per heavy atom. The van der Waals surface area contributed by atoms with E-state index in [1.807, 2.05) is 6.08 Å². The first-order chi connectivity index (χ1) is 10.7. The molecule has 1 fully saturated rings. The summed E-state index contributed by atoms with van der Waals surface area (Å²) in [4.78, 5) is 0. The lowest BCUT2D eigenvalue weighted by atomic mass is 9.74. The minimum atomic E-state index is 0.291. The lowest BCUT2D eigenvalue weighted by Crippen LogP contribution is -2.37. The predicted molar refractivity (Wildman–Crippen MR) is 104 cm³/mol. The maximum Gasteiger partial charge on any atom is 0.0266 e. The molecule has 0 radical (unpaired) electrons. The average Bonchev–Trinajstić information content (AvgIpc) is 2.41. The number of rotatable bonds is 6. The summed E-state index contributed by atoms with van der Waals surface area (Å²) in [7, 11) is 0. The van der Waals surface area contributed by atoms with E-state index in [0.717, 1.165) is 12.3 Å². The quantitative estimate of drug-likeness (QED) is 0.558. The Balaban J connectivity index is 2.83. The second-order valence-electron chi connectivity index (χ2n) is 8.53. The van der Waals surface area contributed by atoms with Crippen LogP contribution in [0.5, 0.6) is 0 Å². The maximum atomic E-state index is 4.26. The smallest absolute Gasteiger partial charge is 0.0266 e. The molecule has 0 spiro atoms. The SMILES string of the molecule is C=C/C(C)=C(\C=C/C)C1CC(C)CC(NC(=C)CC(C)(C)C)C1. The molecule has 3 unspecified atom stereocenters. The minimum Gasteiger partial charge on any atom is -0.386 e. The van der Waals surface area contributed by atoms with Crippen molar-refractivity contribution in [1.82, 2.24) is 5.32 Å². The third-order valence-electron chi connectivity index (χ3n) is 4.64. The highest BCUT2D eigenvalue weighted by atomic mass is 14.9. The van der Waals surface area contributed by atoms with Crippen LogP contribution in [0.1, 0.15) is 67.2 Å². The molecule has 1 rings (SSSR count). The van der Waals surface area contributed by atoms with Gasteiger partial charge in [0.25, 0.3) is 0 Å². The number of hydrogen-bond donors (Lipinski definition) is 1. The molecule has 1 N–H and O–H groups in total. The first-order valence-corrected chi connectivity index (χ1v) is 9.06. The van der Waals surface area contributed by atoms with E-state index >= 15 is 0 Å². The van der Waals surface area contributed by atoms with Crippen LogP contribution in [0.3, 0.4) is 0 Å². The van der Waals surface area contributed by atoms with Crippen LogP contribution in [0.25, 0.3) is 0 Å². The molecule has 3 atom stereocenters.